The third kappa shape index (κ3) is 3.13. The highest BCUT2D eigenvalue weighted by Crippen LogP contribution is 2.30. The van der Waals surface area contributed by atoms with Gasteiger partial charge in [0.25, 0.3) is 0 Å². The largest absolute Gasteiger partial charge is 0.477 e. The van der Waals surface area contributed by atoms with Crippen molar-refractivity contribution in [1.82, 2.24) is 9.21 Å². The number of aryl methyl sites for hydroxylation is 1. The van der Waals surface area contributed by atoms with Crippen LogP contribution in [0.2, 0.25) is 0 Å². The van der Waals surface area contributed by atoms with Crippen molar-refractivity contribution in [3.8, 4) is 0 Å². The Labute approximate surface area is 129 Å². The number of sulfonamides is 1. The predicted octanol–water partition coefficient (Wildman–Crippen LogP) is 1.47. The molecule has 118 valence electrons. The summed E-state index contributed by atoms with van der Waals surface area (Å²) in [5, 5.41) is 10.8. The zero-order valence-corrected chi connectivity index (χ0v) is 14.0. The zero-order valence-electron chi connectivity index (χ0n) is 12.4. The molecule has 0 radical (unpaired) electrons. The average Bonchev–Trinajstić information content (AvgIpc) is 2.81. The maximum absolute atomic E-state index is 12.7. The summed E-state index contributed by atoms with van der Waals surface area (Å²) in [6.45, 7) is 7.93. The Bertz CT molecular complexity index is 629. The zero-order chi connectivity index (χ0) is 15.8. The normalized spacial score (nSPS) is 18.3. The molecule has 0 bridgehead atoms. The summed E-state index contributed by atoms with van der Waals surface area (Å²) in [6.07, 6.45) is 0. The van der Waals surface area contributed by atoms with Crippen LogP contribution in [0.15, 0.2) is 10.3 Å². The number of thiophene rings is 1. The van der Waals surface area contributed by atoms with Crippen LogP contribution in [0.4, 0.5) is 0 Å². The molecule has 1 aliphatic heterocycles. The number of piperazine rings is 1. The molecule has 0 aromatic carbocycles. The number of hydrogen-bond acceptors (Lipinski definition) is 5. The lowest BCUT2D eigenvalue weighted by molar-refractivity contribution is 0.0698. The fourth-order valence-corrected chi connectivity index (χ4v) is 5.50. The molecule has 1 aliphatic rings. The molecule has 0 amide bonds. The summed E-state index contributed by atoms with van der Waals surface area (Å²) in [5.74, 6) is -1.19. The van der Waals surface area contributed by atoms with Gasteiger partial charge in [-0.15, -0.1) is 11.3 Å². The van der Waals surface area contributed by atoms with Gasteiger partial charge in [0.2, 0.25) is 10.0 Å². The summed E-state index contributed by atoms with van der Waals surface area (Å²) in [4.78, 5) is 13.3. The van der Waals surface area contributed by atoms with Crippen LogP contribution in [0.5, 0.6) is 0 Å². The lowest BCUT2D eigenvalue weighted by Crippen LogP contribution is -2.50. The van der Waals surface area contributed by atoms with E-state index in [-0.39, 0.29) is 9.77 Å². The van der Waals surface area contributed by atoms with Crippen LogP contribution in [-0.4, -0.2) is 60.9 Å². The lowest BCUT2D eigenvalue weighted by atomic mass is 10.3. The fourth-order valence-electron chi connectivity index (χ4n) is 2.49. The Morgan fingerprint density at radius 2 is 1.86 bits per heavy atom. The molecule has 1 aromatic heterocycles. The van der Waals surface area contributed by atoms with Gasteiger partial charge in [-0.05, 0) is 31.7 Å². The van der Waals surface area contributed by atoms with Gasteiger partial charge in [0.1, 0.15) is 9.77 Å². The second-order valence-electron chi connectivity index (χ2n) is 5.42. The molecule has 0 saturated carbocycles. The van der Waals surface area contributed by atoms with E-state index in [1.165, 1.54) is 4.31 Å². The first-order chi connectivity index (χ1) is 9.75. The van der Waals surface area contributed by atoms with E-state index in [4.69, 9.17) is 0 Å². The number of carboxylic acid groups (broad SMARTS) is 1. The van der Waals surface area contributed by atoms with Crippen molar-refractivity contribution in [3.05, 3.63) is 15.8 Å². The van der Waals surface area contributed by atoms with Crippen molar-refractivity contribution in [1.29, 1.82) is 0 Å². The van der Waals surface area contributed by atoms with Crippen LogP contribution in [0.1, 0.15) is 29.1 Å². The van der Waals surface area contributed by atoms with Gasteiger partial charge in [-0.2, -0.15) is 4.31 Å². The van der Waals surface area contributed by atoms with Crippen molar-refractivity contribution in [3.63, 3.8) is 0 Å². The van der Waals surface area contributed by atoms with E-state index in [0.29, 0.717) is 37.8 Å². The Hall–Kier alpha value is -0.960. The van der Waals surface area contributed by atoms with Crippen molar-refractivity contribution in [2.45, 2.75) is 31.7 Å². The highest BCUT2D eigenvalue weighted by atomic mass is 32.2. The monoisotopic (exact) mass is 332 g/mol. The molecule has 2 heterocycles. The van der Waals surface area contributed by atoms with Crippen LogP contribution in [0.25, 0.3) is 0 Å². The van der Waals surface area contributed by atoms with Crippen LogP contribution < -0.4 is 0 Å². The van der Waals surface area contributed by atoms with Gasteiger partial charge in [0, 0.05) is 32.2 Å². The van der Waals surface area contributed by atoms with Gasteiger partial charge in [0.15, 0.2) is 0 Å². The molecule has 0 unspecified atom stereocenters. The maximum atomic E-state index is 12.7. The SMILES string of the molecule is Cc1csc(C(=O)O)c1S(=O)(=O)N1CCN(C(C)C)CC1. The summed E-state index contributed by atoms with van der Waals surface area (Å²) >= 11 is 0.965. The standard InChI is InChI=1S/C13H20N2O4S2/c1-9(2)14-4-6-15(7-5-14)21(18,19)12-10(3)8-20-11(12)13(16)17/h8-9H,4-7H2,1-3H3,(H,16,17). The quantitative estimate of drug-likeness (QED) is 0.903. The molecule has 0 aliphatic carbocycles. The minimum atomic E-state index is -3.74. The first-order valence-electron chi connectivity index (χ1n) is 6.80. The van der Waals surface area contributed by atoms with Gasteiger partial charge < -0.3 is 5.11 Å². The Morgan fingerprint density at radius 1 is 1.29 bits per heavy atom. The molecule has 1 aromatic rings. The number of carbonyl (C=O) groups is 1. The van der Waals surface area contributed by atoms with Crippen molar-refractivity contribution < 1.29 is 18.3 Å². The van der Waals surface area contributed by atoms with Gasteiger partial charge >= 0.3 is 5.97 Å². The molecule has 0 atom stereocenters. The average molecular weight is 332 g/mol. The van der Waals surface area contributed by atoms with E-state index in [1.807, 2.05) is 0 Å². The number of aromatic carboxylic acids is 1. The molecule has 0 spiro atoms. The molecule has 1 N–H and O–H groups in total. The second-order valence-corrected chi connectivity index (χ2v) is 8.17. The maximum Gasteiger partial charge on any atom is 0.347 e. The third-order valence-electron chi connectivity index (χ3n) is 3.71. The third-order valence-corrected chi connectivity index (χ3v) is 7.02. The minimum absolute atomic E-state index is 0.0435. The van der Waals surface area contributed by atoms with E-state index in [1.54, 1.807) is 12.3 Å². The van der Waals surface area contributed by atoms with Gasteiger partial charge in [-0.25, -0.2) is 13.2 Å². The predicted molar refractivity (Wildman–Crippen MR) is 81.5 cm³/mol. The number of carboxylic acids is 1. The summed E-state index contributed by atoms with van der Waals surface area (Å²) in [6, 6.07) is 0.382. The lowest BCUT2D eigenvalue weighted by Gasteiger charge is -2.36. The molecular weight excluding hydrogens is 312 g/mol. The van der Waals surface area contributed by atoms with Crippen molar-refractivity contribution in [2.75, 3.05) is 26.2 Å². The topological polar surface area (TPSA) is 77.9 Å². The van der Waals surface area contributed by atoms with E-state index in [2.05, 4.69) is 18.7 Å². The fraction of sp³-hybridized carbons (Fsp3) is 0.615. The number of nitrogens with zero attached hydrogens (tertiary/aromatic N) is 2. The van der Waals surface area contributed by atoms with Gasteiger partial charge in [-0.3, -0.25) is 4.90 Å². The van der Waals surface area contributed by atoms with Crippen LogP contribution in [-0.2, 0) is 10.0 Å². The van der Waals surface area contributed by atoms with Crippen LogP contribution >= 0.6 is 11.3 Å². The Balaban J connectivity index is 2.28. The molecule has 6 nitrogen and oxygen atoms in total. The van der Waals surface area contributed by atoms with Crippen molar-refractivity contribution >= 4 is 27.3 Å². The van der Waals surface area contributed by atoms with E-state index in [0.717, 1.165) is 11.3 Å². The highest BCUT2D eigenvalue weighted by Gasteiger charge is 2.34. The molecular formula is C13H20N2O4S2. The first-order valence-corrected chi connectivity index (χ1v) is 9.12. The molecule has 8 heteroatoms. The number of rotatable bonds is 4. The molecule has 1 fully saturated rings. The smallest absolute Gasteiger partial charge is 0.347 e. The summed E-state index contributed by atoms with van der Waals surface area (Å²) in [5.41, 5.74) is 0.503. The first kappa shape index (κ1) is 16.4. The second kappa shape index (κ2) is 6.04. The van der Waals surface area contributed by atoms with Crippen LogP contribution in [0.3, 0.4) is 0 Å². The van der Waals surface area contributed by atoms with E-state index < -0.39 is 16.0 Å². The van der Waals surface area contributed by atoms with Crippen molar-refractivity contribution in [2.24, 2.45) is 0 Å². The van der Waals surface area contributed by atoms with Gasteiger partial charge in [0.05, 0.1) is 0 Å². The Morgan fingerprint density at radius 3 is 2.33 bits per heavy atom. The van der Waals surface area contributed by atoms with Gasteiger partial charge in [-0.1, -0.05) is 0 Å². The molecule has 2 rings (SSSR count). The minimum Gasteiger partial charge on any atom is -0.477 e. The molecule has 1 saturated heterocycles. The summed E-state index contributed by atoms with van der Waals surface area (Å²) < 4.78 is 26.8. The Kier molecular flexibility index (Phi) is 4.72. The number of hydrogen-bond donors (Lipinski definition) is 1. The summed E-state index contributed by atoms with van der Waals surface area (Å²) in [7, 11) is -3.74. The van der Waals surface area contributed by atoms with E-state index >= 15 is 0 Å². The molecule has 21 heavy (non-hydrogen) atoms. The van der Waals surface area contributed by atoms with Crippen LogP contribution in [0, 0.1) is 6.92 Å². The van der Waals surface area contributed by atoms with E-state index in [9.17, 15) is 18.3 Å². The highest BCUT2D eigenvalue weighted by molar-refractivity contribution is 7.89.